The maximum Gasteiger partial charge on any atom is 0.339 e. The van der Waals surface area contributed by atoms with Crippen molar-refractivity contribution in [3.63, 3.8) is 0 Å². The Bertz CT molecular complexity index is 990. The molecule has 2 aromatic carbocycles. The Labute approximate surface area is 166 Å². The number of nitrogens with zero attached hydrogens (tertiary/aromatic N) is 2. The van der Waals surface area contributed by atoms with Crippen LogP contribution in [0.25, 0.3) is 11.5 Å². The number of hydrogen-bond donors (Lipinski definition) is 0. The molecule has 0 spiro atoms. The molecule has 0 radical (unpaired) electrons. The number of aromatic nitrogens is 2. The Morgan fingerprint density at radius 2 is 1.93 bits per heavy atom. The lowest BCUT2D eigenvalue weighted by atomic mass is 10.1. The molecule has 0 amide bonds. The minimum Gasteiger partial charge on any atom is -0.449 e. The second-order valence-electron chi connectivity index (χ2n) is 5.41. The minimum atomic E-state index is -0.375. The zero-order valence-corrected chi connectivity index (χ0v) is 16.0. The lowest BCUT2D eigenvalue weighted by Gasteiger charge is -2.03. The highest BCUT2D eigenvalue weighted by Crippen LogP contribution is 2.24. The predicted molar refractivity (Wildman–Crippen MR) is 105 cm³/mol. The van der Waals surface area contributed by atoms with Gasteiger partial charge in [-0.25, -0.2) is 4.79 Å². The Kier molecular flexibility index (Phi) is 6.53. The molecule has 0 unspecified atom stereocenters. The van der Waals surface area contributed by atoms with Gasteiger partial charge in [-0.05, 0) is 42.8 Å². The maximum absolute atomic E-state index is 11.9. The third kappa shape index (κ3) is 5.36. The second-order valence-corrected chi connectivity index (χ2v) is 6.78. The topological polar surface area (TPSA) is 65.2 Å². The standard InChI is InChI=1S/C20H15ClN2O3S/c1-14-6-2-3-7-17(14)19(24)25-12-4-5-13-27-20-23-22-18(26-20)15-8-10-16(21)11-9-15/h2-3,6-11H,12-13H2,1H3. The van der Waals surface area contributed by atoms with Crippen LogP contribution in [0.3, 0.4) is 0 Å². The summed E-state index contributed by atoms with van der Waals surface area (Å²) in [7, 11) is 0. The van der Waals surface area contributed by atoms with Crippen molar-refractivity contribution in [2.24, 2.45) is 0 Å². The Morgan fingerprint density at radius 1 is 1.15 bits per heavy atom. The maximum atomic E-state index is 11.9. The average molecular weight is 399 g/mol. The highest BCUT2D eigenvalue weighted by atomic mass is 35.5. The first-order valence-corrected chi connectivity index (χ1v) is 9.40. The summed E-state index contributed by atoms with van der Waals surface area (Å²) in [5.41, 5.74) is 2.22. The predicted octanol–water partition coefficient (Wildman–Crippen LogP) is 4.65. The SMILES string of the molecule is Cc1ccccc1C(=O)OCC#CCSc1nnc(-c2ccc(Cl)cc2)o1. The number of benzene rings is 2. The quantitative estimate of drug-likeness (QED) is 0.354. The zero-order valence-electron chi connectivity index (χ0n) is 14.4. The van der Waals surface area contributed by atoms with E-state index in [4.69, 9.17) is 20.8 Å². The van der Waals surface area contributed by atoms with Gasteiger partial charge >= 0.3 is 5.97 Å². The summed E-state index contributed by atoms with van der Waals surface area (Å²) in [5.74, 6) is 6.20. The highest BCUT2D eigenvalue weighted by molar-refractivity contribution is 7.99. The summed E-state index contributed by atoms with van der Waals surface area (Å²) >= 11 is 7.18. The minimum absolute atomic E-state index is 0.0353. The molecule has 5 nitrogen and oxygen atoms in total. The first kappa shape index (κ1) is 19.0. The van der Waals surface area contributed by atoms with Crippen LogP contribution in [0, 0.1) is 18.8 Å². The van der Waals surface area contributed by atoms with Gasteiger partial charge in [-0.2, -0.15) is 0 Å². The molecule has 0 saturated carbocycles. The molecular weight excluding hydrogens is 384 g/mol. The van der Waals surface area contributed by atoms with Crippen LogP contribution in [-0.2, 0) is 4.74 Å². The Balaban J connectivity index is 1.45. The van der Waals surface area contributed by atoms with E-state index < -0.39 is 0 Å². The monoisotopic (exact) mass is 398 g/mol. The number of thioether (sulfide) groups is 1. The molecule has 0 atom stereocenters. The molecule has 27 heavy (non-hydrogen) atoms. The van der Waals surface area contributed by atoms with Gasteiger partial charge in [0.25, 0.3) is 5.22 Å². The summed E-state index contributed by atoms with van der Waals surface area (Å²) in [4.78, 5) is 11.9. The van der Waals surface area contributed by atoms with Crippen molar-refractivity contribution in [3.8, 4) is 23.3 Å². The van der Waals surface area contributed by atoms with Gasteiger partial charge in [0.15, 0.2) is 6.61 Å². The molecule has 1 aromatic heterocycles. The smallest absolute Gasteiger partial charge is 0.339 e. The van der Waals surface area contributed by atoms with E-state index in [-0.39, 0.29) is 12.6 Å². The van der Waals surface area contributed by atoms with Gasteiger partial charge in [0.05, 0.1) is 11.3 Å². The lowest BCUT2D eigenvalue weighted by Crippen LogP contribution is -2.07. The number of halogens is 1. The third-order valence-electron chi connectivity index (χ3n) is 3.53. The van der Waals surface area contributed by atoms with Crippen molar-refractivity contribution in [2.75, 3.05) is 12.4 Å². The zero-order chi connectivity index (χ0) is 19.1. The van der Waals surface area contributed by atoms with Gasteiger partial charge in [-0.3, -0.25) is 0 Å². The van der Waals surface area contributed by atoms with E-state index in [0.29, 0.717) is 27.5 Å². The fourth-order valence-electron chi connectivity index (χ4n) is 2.16. The van der Waals surface area contributed by atoms with E-state index in [0.717, 1.165) is 11.1 Å². The lowest BCUT2D eigenvalue weighted by molar-refractivity contribution is 0.0556. The fourth-order valence-corrected chi connectivity index (χ4v) is 2.82. The molecule has 0 N–H and O–H groups in total. The largest absolute Gasteiger partial charge is 0.449 e. The second kappa shape index (κ2) is 9.26. The van der Waals surface area contributed by atoms with Gasteiger partial charge in [0, 0.05) is 10.6 Å². The summed E-state index contributed by atoms with van der Waals surface area (Å²) in [5, 5.41) is 9.04. The van der Waals surface area contributed by atoms with Gasteiger partial charge < -0.3 is 9.15 Å². The van der Waals surface area contributed by atoms with Gasteiger partial charge in [-0.1, -0.05) is 53.4 Å². The number of esters is 1. The number of ether oxygens (including phenoxy) is 1. The van der Waals surface area contributed by atoms with Crippen molar-refractivity contribution < 1.29 is 13.9 Å². The van der Waals surface area contributed by atoms with Crippen LogP contribution in [0.2, 0.25) is 5.02 Å². The molecule has 7 heteroatoms. The third-order valence-corrected chi connectivity index (χ3v) is 4.48. The number of rotatable bonds is 5. The molecule has 0 fully saturated rings. The van der Waals surface area contributed by atoms with Gasteiger partial charge in [-0.15, -0.1) is 10.2 Å². The van der Waals surface area contributed by atoms with E-state index >= 15 is 0 Å². The van der Waals surface area contributed by atoms with Crippen molar-refractivity contribution in [1.82, 2.24) is 10.2 Å². The molecular formula is C20H15ClN2O3S. The summed E-state index contributed by atoms with van der Waals surface area (Å²) in [6.45, 7) is 1.90. The van der Waals surface area contributed by atoms with Gasteiger partial charge in [0.2, 0.25) is 5.89 Å². The first-order valence-electron chi connectivity index (χ1n) is 8.04. The van der Waals surface area contributed by atoms with Crippen LogP contribution in [0.1, 0.15) is 15.9 Å². The summed E-state index contributed by atoms with van der Waals surface area (Å²) < 4.78 is 10.7. The Morgan fingerprint density at radius 3 is 2.70 bits per heavy atom. The number of hydrogen-bond acceptors (Lipinski definition) is 6. The molecule has 0 bridgehead atoms. The number of carbonyl (C=O) groups excluding carboxylic acids is 1. The van der Waals surface area contributed by atoms with Crippen molar-refractivity contribution in [2.45, 2.75) is 12.1 Å². The molecule has 1 heterocycles. The molecule has 136 valence electrons. The first-order chi connectivity index (χ1) is 13.1. The Hall–Kier alpha value is -2.75. The molecule has 0 aliphatic heterocycles. The molecule has 3 rings (SSSR count). The molecule has 3 aromatic rings. The van der Waals surface area contributed by atoms with E-state index in [9.17, 15) is 4.79 Å². The highest BCUT2D eigenvalue weighted by Gasteiger charge is 2.09. The normalized spacial score (nSPS) is 10.1. The number of aryl methyl sites for hydroxylation is 1. The van der Waals surface area contributed by atoms with Gasteiger partial charge in [0.1, 0.15) is 0 Å². The molecule has 0 aliphatic rings. The van der Waals surface area contributed by atoms with E-state index in [1.165, 1.54) is 11.8 Å². The fraction of sp³-hybridized carbons (Fsp3) is 0.150. The summed E-state index contributed by atoms with van der Waals surface area (Å²) in [6.07, 6.45) is 0. The number of carbonyl (C=O) groups is 1. The van der Waals surface area contributed by atoms with Crippen LogP contribution in [-0.4, -0.2) is 28.5 Å². The van der Waals surface area contributed by atoms with Crippen LogP contribution in [0.4, 0.5) is 0 Å². The van der Waals surface area contributed by atoms with Crippen LogP contribution in [0.5, 0.6) is 0 Å². The summed E-state index contributed by atoms with van der Waals surface area (Å²) in [6, 6.07) is 14.4. The van der Waals surface area contributed by atoms with Crippen molar-refractivity contribution >= 4 is 29.3 Å². The van der Waals surface area contributed by atoms with Crippen LogP contribution in [0.15, 0.2) is 58.2 Å². The van der Waals surface area contributed by atoms with Crippen LogP contribution < -0.4 is 0 Å². The molecule has 0 saturated heterocycles. The van der Waals surface area contributed by atoms with Crippen LogP contribution >= 0.6 is 23.4 Å². The molecule has 0 aliphatic carbocycles. The van der Waals surface area contributed by atoms with Crippen molar-refractivity contribution in [1.29, 1.82) is 0 Å². The van der Waals surface area contributed by atoms with E-state index in [1.807, 2.05) is 31.2 Å². The van der Waals surface area contributed by atoms with E-state index in [1.54, 1.807) is 24.3 Å². The van der Waals surface area contributed by atoms with Crippen molar-refractivity contribution in [3.05, 3.63) is 64.7 Å². The van der Waals surface area contributed by atoms with E-state index in [2.05, 4.69) is 22.0 Å². The average Bonchev–Trinajstić information content (AvgIpc) is 3.14.